The maximum Gasteiger partial charge on any atom is 0.274 e. The number of nitrogens with zero attached hydrogens (tertiary/aromatic N) is 3. The number of fused-ring (bicyclic) bond motifs is 1. The molecule has 1 amide bonds. The highest BCUT2D eigenvalue weighted by atomic mass is 35.5. The first-order valence-electron chi connectivity index (χ1n) is 9.03. The molecule has 25 heavy (non-hydrogen) atoms. The first-order chi connectivity index (χ1) is 12.2. The van der Waals surface area contributed by atoms with Crippen LogP contribution in [-0.2, 0) is 19.4 Å². The highest BCUT2D eigenvalue weighted by Gasteiger charge is 2.28. The zero-order chi connectivity index (χ0) is 17.2. The minimum atomic E-state index is 0.0804. The molecule has 1 aliphatic heterocycles. The van der Waals surface area contributed by atoms with Gasteiger partial charge in [0.2, 0.25) is 0 Å². The van der Waals surface area contributed by atoms with Gasteiger partial charge in [-0.05, 0) is 37.3 Å². The zero-order valence-electron chi connectivity index (χ0n) is 14.3. The smallest absolute Gasteiger partial charge is 0.274 e. The number of aromatic nitrogens is 2. The third-order valence-electron chi connectivity index (χ3n) is 5.27. The predicted octanol–water partition coefficient (Wildman–Crippen LogP) is 2.90. The van der Waals surface area contributed by atoms with Crippen molar-refractivity contribution in [2.24, 2.45) is 0 Å². The number of H-pyrrole nitrogens is 1. The Labute approximate surface area is 153 Å². The van der Waals surface area contributed by atoms with E-state index >= 15 is 0 Å². The molecule has 1 aromatic heterocycles. The Morgan fingerprint density at radius 3 is 2.68 bits per heavy atom. The van der Waals surface area contributed by atoms with Gasteiger partial charge >= 0.3 is 0 Å². The van der Waals surface area contributed by atoms with Crippen LogP contribution in [0.4, 0.5) is 0 Å². The van der Waals surface area contributed by atoms with E-state index in [1.165, 1.54) is 6.42 Å². The van der Waals surface area contributed by atoms with Crippen LogP contribution < -0.4 is 0 Å². The quantitative estimate of drug-likeness (QED) is 0.917. The first-order valence-corrected chi connectivity index (χ1v) is 9.41. The number of carbonyl (C=O) groups excluding carboxylic acids is 1. The number of hydrogen-bond acceptors (Lipinski definition) is 3. The van der Waals surface area contributed by atoms with Gasteiger partial charge < -0.3 is 4.90 Å². The van der Waals surface area contributed by atoms with E-state index in [1.54, 1.807) is 0 Å². The molecule has 0 radical (unpaired) electrons. The second-order valence-electron chi connectivity index (χ2n) is 6.90. The van der Waals surface area contributed by atoms with Gasteiger partial charge in [0.25, 0.3) is 5.91 Å². The molecule has 2 aromatic rings. The van der Waals surface area contributed by atoms with E-state index in [2.05, 4.69) is 21.2 Å². The van der Waals surface area contributed by atoms with E-state index in [4.69, 9.17) is 11.6 Å². The number of aryl methyl sites for hydroxylation is 1. The highest BCUT2D eigenvalue weighted by molar-refractivity contribution is 6.31. The Morgan fingerprint density at radius 2 is 1.88 bits per heavy atom. The summed E-state index contributed by atoms with van der Waals surface area (Å²) < 4.78 is 0. The van der Waals surface area contributed by atoms with E-state index in [9.17, 15) is 4.79 Å². The Morgan fingerprint density at radius 1 is 1.12 bits per heavy atom. The van der Waals surface area contributed by atoms with Crippen molar-refractivity contribution in [3.05, 3.63) is 51.8 Å². The van der Waals surface area contributed by atoms with Crippen LogP contribution >= 0.6 is 11.6 Å². The molecule has 1 saturated heterocycles. The normalized spacial score (nSPS) is 18.2. The fourth-order valence-electron chi connectivity index (χ4n) is 3.78. The fraction of sp³-hybridized carbons (Fsp3) is 0.474. The largest absolute Gasteiger partial charge is 0.335 e. The van der Waals surface area contributed by atoms with Crippen molar-refractivity contribution >= 4 is 17.5 Å². The van der Waals surface area contributed by atoms with E-state index in [0.29, 0.717) is 5.69 Å². The lowest BCUT2D eigenvalue weighted by molar-refractivity contribution is 0.0621. The van der Waals surface area contributed by atoms with Crippen LogP contribution in [-0.4, -0.2) is 52.1 Å². The molecule has 0 saturated carbocycles. The van der Waals surface area contributed by atoms with E-state index in [1.807, 2.05) is 23.1 Å². The van der Waals surface area contributed by atoms with Crippen LogP contribution in [0.5, 0.6) is 0 Å². The summed E-state index contributed by atoms with van der Waals surface area (Å²) in [6.45, 7) is 4.04. The molecule has 1 aliphatic carbocycles. The summed E-state index contributed by atoms with van der Waals surface area (Å²) in [5, 5.41) is 8.20. The number of piperazine rings is 1. The van der Waals surface area contributed by atoms with Gasteiger partial charge in [-0.1, -0.05) is 29.8 Å². The van der Waals surface area contributed by atoms with Crippen molar-refractivity contribution < 1.29 is 4.79 Å². The molecule has 1 aromatic carbocycles. The molecule has 5 nitrogen and oxygen atoms in total. The number of nitrogens with one attached hydrogen (secondary N) is 1. The molecule has 0 bridgehead atoms. The Balaban J connectivity index is 1.38. The molecule has 0 atom stereocenters. The van der Waals surface area contributed by atoms with Gasteiger partial charge in [-0.3, -0.25) is 14.8 Å². The summed E-state index contributed by atoms with van der Waals surface area (Å²) in [4.78, 5) is 17.1. The topological polar surface area (TPSA) is 52.2 Å². The van der Waals surface area contributed by atoms with Gasteiger partial charge in [0, 0.05) is 49.0 Å². The summed E-state index contributed by atoms with van der Waals surface area (Å²) in [5.41, 5.74) is 4.10. The van der Waals surface area contributed by atoms with Crippen LogP contribution in [0.3, 0.4) is 0 Å². The number of rotatable bonds is 3. The van der Waals surface area contributed by atoms with Crippen molar-refractivity contribution in [1.82, 2.24) is 20.0 Å². The van der Waals surface area contributed by atoms with Crippen LogP contribution in [0.15, 0.2) is 24.3 Å². The maximum atomic E-state index is 12.9. The second-order valence-corrected chi connectivity index (χ2v) is 7.30. The number of benzene rings is 1. The second kappa shape index (κ2) is 7.18. The molecule has 6 heteroatoms. The maximum absolute atomic E-state index is 12.9. The van der Waals surface area contributed by atoms with E-state index in [0.717, 1.165) is 73.8 Å². The molecule has 132 valence electrons. The van der Waals surface area contributed by atoms with Gasteiger partial charge in [0.1, 0.15) is 0 Å². The number of halogens is 1. The van der Waals surface area contributed by atoms with Crippen molar-refractivity contribution in [3.63, 3.8) is 0 Å². The first kappa shape index (κ1) is 16.6. The molecular formula is C19H23ClN4O. The van der Waals surface area contributed by atoms with Gasteiger partial charge in [0.05, 0.1) is 0 Å². The van der Waals surface area contributed by atoms with Gasteiger partial charge in [-0.25, -0.2) is 0 Å². The molecule has 1 N–H and O–H groups in total. The van der Waals surface area contributed by atoms with Crippen molar-refractivity contribution in [2.45, 2.75) is 32.2 Å². The monoisotopic (exact) mass is 358 g/mol. The molecule has 0 spiro atoms. The minimum Gasteiger partial charge on any atom is -0.335 e. The molecule has 2 aliphatic rings. The van der Waals surface area contributed by atoms with E-state index in [-0.39, 0.29) is 5.91 Å². The number of amides is 1. The van der Waals surface area contributed by atoms with Crippen LogP contribution in [0.1, 0.15) is 40.2 Å². The summed E-state index contributed by atoms with van der Waals surface area (Å²) in [6, 6.07) is 7.96. The van der Waals surface area contributed by atoms with Gasteiger partial charge in [-0.15, -0.1) is 0 Å². The fourth-order valence-corrected chi connectivity index (χ4v) is 3.98. The molecule has 1 fully saturated rings. The SMILES string of the molecule is O=C(c1n[nH]c2c1CCCC2)N1CCN(Cc2ccccc2Cl)CC1. The minimum absolute atomic E-state index is 0.0804. The summed E-state index contributed by atoms with van der Waals surface area (Å²) >= 11 is 6.25. The highest BCUT2D eigenvalue weighted by Crippen LogP contribution is 2.24. The third-order valence-corrected chi connectivity index (χ3v) is 5.64. The average Bonchev–Trinajstić information content (AvgIpc) is 3.08. The van der Waals surface area contributed by atoms with Crippen LogP contribution in [0.25, 0.3) is 0 Å². The molecule has 0 unspecified atom stereocenters. The third kappa shape index (κ3) is 3.44. The van der Waals surface area contributed by atoms with Crippen LogP contribution in [0.2, 0.25) is 5.02 Å². The Hall–Kier alpha value is -1.85. The van der Waals surface area contributed by atoms with E-state index < -0.39 is 0 Å². The van der Waals surface area contributed by atoms with Crippen molar-refractivity contribution in [2.75, 3.05) is 26.2 Å². The summed E-state index contributed by atoms with van der Waals surface area (Å²) in [7, 11) is 0. The average molecular weight is 359 g/mol. The molecule has 2 heterocycles. The Kier molecular flexibility index (Phi) is 4.77. The zero-order valence-corrected chi connectivity index (χ0v) is 15.1. The standard InChI is InChI=1S/C19H23ClN4O/c20-16-7-3-1-5-14(16)13-23-9-11-24(12-10-23)19(25)18-15-6-2-4-8-17(15)21-22-18/h1,3,5,7H,2,4,6,8-13H2,(H,21,22). The number of carbonyl (C=O) groups is 1. The molecule has 4 rings (SSSR count). The predicted molar refractivity (Wildman–Crippen MR) is 97.9 cm³/mol. The summed E-state index contributed by atoms with van der Waals surface area (Å²) in [6.07, 6.45) is 4.32. The number of hydrogen-bond donors (Lipinski definition) is 1. The van der Waals surface area contributed by atoms with Gasteiger partial charge in [0.15, 0.2) is 5.69 Å². The van der Waals surface area contributed by atoms with Crippen molar-refractivity contribution in [3.8, 4) is 0 Å². The molecular weight excluding hydrogens is 336 g/mol. The van der Waals surface area contributed by atoms with Crippen molar-refractivity contribution in [1.29, 1.82) is 0 Å². The Bertz CT molecular complexity index is 765. The summed E-state index contributed by atoms with van der Waals surface area (Å²) in [5.74, 6) is 0.0804. The van der Waals surface area contributed by atoms with Crippen LogP contribution in [0, 0.1) is 0 Å². The lowest BCUT2D eigenvalue weighted by atomic mass is 9.95. The van der Waals surface area contributed by atoms with Gasteiger partial charge in [-0.2, -0.15) is 5.10 Å². The lowest BCUT2D eigenvalue weighted by Gasteiger charge is -2.34. The number of aromatic amines is 1. The lowest BCUT2D eigenvalue weighted by Crippen LogP contribution is -2.48.